The van der Waals surface area contributed by atoms with Crippen molar-refractivity contribution in [3.8, 4) is 0 Å². The largest absolute Gasteiger partial charge is 0.446 e. The zero-order valence-corrected chi connectivity index (χ0v) is 33.6. The minimum absolute atomic E-state index is 0.000585. The van der Waals surface area contributed by atoms with Gasteiger partial charge in [0.05, 0.1) is 13.0 Å². The maximum atomic E-state index is 12.7. The summed E-state index contributed by atoms with van der Waals surface area (Å²) in [5.41, 5.74) is 2.35. The van der Waals surface area contributed by atoms with Gasteiger partial charge < -0.3 is 20.3 Å². The maximum Gasteiger partial charge on any atom is 0.407 e. The molecule has 8 atom stereocenters. The van der Waals surface area contributed by atoms with Gasteiger partial charge >= 0.3 is 6.09 Å². The van der Waals surface area contributed by atoms with E-state index >= 15 is 0 Å². The number of nitrogens with one attached hydrogen (secondary N) is 2. The summed E-state index contributed by atoms with van der Waals surface area (Å²) in [6, 6.07) is 0. The Morgan fingerprint density at radius 2 is 1.62 bits per heavy atom. The van der Waals surface area contributed by atoms with Gasteiger partial charge in [0, 0.05) is 32.5 Å². The number of unbranched alkanes of at least 4 members (excludes halogenated alkanes) is 5. The monoisotopic (exact) mass is 724 g/mol. The van der Waals surface area contributed by atoms with E-state index in [1.807, 2.05) is 0 Å². The first kappa shape index (κ1) is 40.8. The minimum Gasteiger partial charge on any atom is -0.446 e. The third-order valence-corrected chi connectivity index (χ3v) is 14.6. The fourth-order valence-corrected chi connectivity index (χ4v) is 11.7. The van der Waals surface area contributed by atoms with Crippen LogP contribution in [0.1, 0.15) is 163 Å². The molecule has 1 aliphatic heterocycles. The number of ketones is 1. The Labute approximate surface area is 315 Å². The van der Waals surface area contributed by atoms with E-state index in [1.165, 1.54) is 51.4 Å². The smallest absolute Gasteiger partial charge is 0.407 e. The highest BCUT2D eigenvalue weighted by atomic mass is 16.6. The predicted molar refractivity (Wildman–Crippen MR) is 207 cm³/mol. The van der Waals surface area contributed by atoms with E-state index in [-0.39, 0.29) is 48.2 Å². The molecule has 0 aromatic rings. The van der Waals surface area contributed by atoms with Crippen molar-refractivity contribution in [1.29, 1.82) is 0 Å². The average molecular weight is 724 g/mol. The number of carbonyl (C=O) groups is 4. The topological polar surface area (TPSA) is 105 Å². The lowest BCUT2D eigenvalue weighted by Crippen LogP contribution is -2.51. The van der Waals surface area contributed by atoms with Gasteiger partial charge in [0.2, 0.25) is 11.8 Å². The van der Waals surface area contributed by atoms with Crippen LogP contribution in [0.3, 0.4) is 0 Å². The molecule has 1 saturated heterocycles. The molecule has 0 bridgehead atoms. The number of alkyl carbamates (subject to hydrolysis) is 1. The van der Waals surface area contributed by atoms with E-state index in [0.29, 0.717) is 31.5 Å². The fraction of sp³-hybridized carbons (Fsp3) is 0.864. The van der Waals surface area contributed by atoms with Crippen molar-refractivity contribution in [3.63, 3.8) is 0 Å². The Bertz CT molecular complexity index is 1260. The Hall–Kier alpha value is -2.38. The highest BCUT2D eigenvalue weighted by Gasteiger charge is 2.59. The molecule has 3 amide bonds. The molecule has 0 aromatic carbocycles. The molecule has 4 fully saturated rings. The number of fused-ring (bicyclic) bond motifs is 5. The number of carbonyl (C=O) groups excluding carboxylic acids is 4. The first-order valence-corrected chi connectivity index (χ1v) is 21.6. The van der Waals surface area contributed by atoms with Crippen LogP contribution in [-0.2, 0) is 19.1 Å². The molecule has 294 valence electrons. The maximum absolute atomic E-state index is 12.7. The number of rotatable bonds is 19. The molecular weight excluding hydrogens is 650 g/mol. The van der Waals surface area contributed by atoms with Crippen molar-refractivity contribution in [1.82, 2.24) is 15.5 Å². The van der Waals surface area contributed by atoms with Crippen molar-refractivity contribution in [2.45, 2.75) is 169 Å². The van der Waals surface area contributed by atoms with Crippen molar-refractivity contribution in [2.75, 3.05) is 26.2 Å². The Balaban J connectivity index is 0.922. The van der Waals surface area contributed by atoms with E-state index in [1.54, 1.807) is 10.5 Å². The van der Waals surface area contributed by atoms with Gasteiger partial charge in [-0.1, -0.05) is 84.8 Å². The zero-order valence-electron chi connectivity index (χ0n) is 33.6. The van der Waals surface area contributed by atoms with E-state index in [4.69, 9.17) is 4.74 Å². The summed E-state index contributed by atoms with van der Waals surface area (Å²) in [5.74, 6) is 5.03. The summed E-state index contributed by atoms with van der Waals surface area (Å²) in [4.78, 5) is 49.5. The molecule has 2 N–H and O–H groups in total. The summed E-state index contributed by atoms with van der Waals surface area (Å²) in [6.07, 6.45) is 23.2. The van der Waals surface area contributed by atoms with Crippen LogP contribution in [0.4, 0.5) is 4.79 Å². The normalized spacial score (nSPS) is 31.8. The van der Waals surface area contributed by atoms with Crippen LogP contribution in [0.2, 0.25) is 0 Å². The fourth-order valence-electron chi connectivity index (χ4n) is 11.7. The lowest BCUT2D eigenvalue weighted by Gasteiger charge is -2.58. The predicted octanol–water partition coefficient (Wildman–Crippen LogP) is 9.16. The van der Waals surface area contributed by atoms with Crippen molar-refractivity contribution < 1.29 is 23.9 Å². The first-order chi connectivity index (χ1) is 24.9. The number of nitrogens with zero attached hydrogens (tertiary/aromatic N) is 1. The molecule has 1 heterocycles. The standard InChI is InChI=1S/C44H73N3O5/c1-31(2)14-13-15-32(3)37-19-20-38-36-18-17-33-28-35(21-23-43(33,4)39(36)22-24-44(37,38)5)52-42(51)46-26-11-7-6-10-25-45-40(49)16-9-8-12-27-47-30-34(48)29-41(47)50/h17,31-32,35-39H,6-16,18-30H2,1-5H3,(H,45,49)(H,46,51)/t32-,35?,36?,37?,38?,39?,43+,44?/m1/s1. The highest BCUT2D eigenvalue weighted by Crippen LogP contribution is 2.67. The van der Waals surface area contributed by atoms with Gasteiger partial charge in [-0.15, -0.1) is 0 Å². The number of hydrogen-bond acceptors (Lipinski definition) is 5. The number of likely N-dealkylation sites (tertiary alicyclic amines) is 1. The second-order valence-electron chi connectivity index (χ2n) is 18.6. The summed E-state index contributed by atoms with van der Waals surface area (Å²) in [7, 11) is 0. The van der Waals surface area contributed by atoms with E-state index in [0.717, 1.165) is 99.7 Å². The van der Waals surface area contributed by atoms with E-state index in [9.17, 15) is 19.2 Å². The van der Waals surface area contributed by atoms with Crippen LogP contribution in [0, 0.1) is 46.3 Å². The van der Waals surface area contributed by atoms with Gasteiger partial charge in [-0.05, 0) is 117 Å². The van der Waals surface area contributed by atoms with Crippen LogP contribution < -0.4 is 10.6 Å². The first-order valence-electron chi connectivity index (χ1n) is 21.6. The van der Waals surface area contributed by atoms with Crippen molar-refractivity contribution >= 4 is 23.7 Å². The number of ether oxygens (including phenoxy) is 1. The quantitative estimate of drug-likeness (QED) is 0.0786. The minimum atomic E-state index is -0.274. The molecule has 4 aliphatic carbocycles. The van der Waals surface area contributed by atoms with Crippen LogP contribution in [0.25, 0.3) is 0 Å². The molecule has 5 rings (SSSR count). The Morgan fingerprint density at radius 3 is 2.35 bits per heavy atom. The number of Topliss-reactive ketones (excluding diaryl/α,β-unsaturated/α-hetero) is 1. The van der Waals surface area contributed by atoms with Gasteiger partial charge in [-0.2, -0.15) is 0 Å². The average Bonchev–Trinajstić information content (AvgIpc) is 3.62. The molecule has 8 nitrogen and oxygen atoms in total. The molecule has 5 aliphatic rings. The van der Waals surface area contributed by atoms with Gasteiger partial charge in [-0.3, -0.25) is 14.4 Å². The van der Waals surface area contributed by atoms with Gasteiger partial charge in [-0.25, -0.2) is 4.79 Å². The molecule has 3 saturated carbocycles. The third kappa shape index (κ3) is 10.2. The van der Waals surface area contributed by atoms with Crippen LogP contribution >= 0.6 is 0 Å². The van der Waals surface area contributed by atoms with E-state index < -0.39 is 0 Å². The molecule has 52 heavy (non-hydrogen) atoms. The highest BCUT2D eigenvalue weighted by molar-refractivity contribution is 6.05. The molecule has 0 radical (unpaired) electrons. The Kier molecular flexibility index (Phi) is 14.7. The molecule has 0 spiro atoms. The number of hydrogen-bond donors (Lipinski definition) is 2. The summed E-state index contributed by atoms with van der Waals surface area (Å²) in [5, 5.41) is 6.00. The van der Waals surface area contributed by atoms with Gasteiger partial charge in [0.15, 0.2) is 5.78 Å². The molecule has 8 heteroatoms. The van der Waals surface area contributed by atoms with E-state index in [2.05, 4.69) is 51.3 Å². The lowest BCUT2D eigenvalue weighted by atomic mass is 9.47. The molecule has 6 unspecified atom stereocenters. The zero-order chi connectivity index (χ0) is 37.3. The second kappa shape index (κ2) is 18.8. The second-order valence-corrected chi connectivity index (χ2v) is 18.6. The molecular formula is C44H73N3O5. The summed E-state index contributed by atoms with van der Waals surface area (Å²) in [6.45, 7) is 14.7. The van der Waals surface area contributed by atoms with Gasteiger partial charge in [0.25, 0.3) is 0 Å². The van der Waals surface area contributed by atoms with Gasteiger partial charge in [0.1, 0.15) is 6.10 Å². The summed E-state index contributed by atoms with van der Waals surface area (Å²) < 4.78 is 5.98. The van der Waals surface area contributed by atoms with Crippen LogP contribution in [0.5, 0.6) is 0 Å². The summed E-state index contributed by atoms with van der Waals surface area (Å²) >= 11 is 0. The SMILES string of the molecule is CC(C)CCC[C@@H](C)C1CCC2C3CC=C4CC(OC(=O)NCCCCCCNC(=O)CCCCCN5CC(=O)CC5=O)CC[C@]4(C)C3CCC21C. The molecule has 0 aromatic heterocycles. The van der Waals surface area contributed by atoms with Crippen molar-refractivity contribution in [2.24, 2.45) is 46.3 Å². The third-order valence-electron chi connectivity index (χ3n) is 14.6. The van der Waals surface area contributed by atoms with Crippen molar-refractivity contribution in [3.05, 3.63) is 11.6 Å². The number of allylic oxidation sites excluding steroid dienone is 1. The van der Waals surface area contributed by atoms with Crippen LogP contribution in [-0.4, -0.2) is 60.9 Å². The Morgan fingerprint density at radius 1 is 0.865 bits per heavy atom. The van der Waals surface area contributed by atoms with Crippen LogP contribution in [0.15, 0.2) is 11.6 Å². The number of amides is 3. The lowest BCUT2D eigenvalue weighted by molar-refractivity contribution is -0.128.